The predicted octanol–water partition coefficient (Wildman–Crippen LogP) is 2.76. The molecule has 0 radical (unpaired) electrons. The van der Waals surface area contributed by atoms with Gasteiger partial charge < -0.3 is 5.32 Å². The van der Waals surface area contributed by atoms with Crippen LogP contribution in [0.4, 0.5) is 13.2 Å². The first-order valence-corrected chi connectivity index (χ1v) is 11.3. The molecule has 0 bridgehead atoms. The number of hydrogen-bond donors (Lipinski definition) is 2. The minimum Gasteiger partial charge on any atom is -0.356 e. The highest BCUT2D eigenvalue weighted by atomic mass is 19.4. The van der Waals surface area contributed by atoms with Crippen LogP contribution in [-0.4, -0.2) is 53.2 Å². The normalized spacial score (nSPS) is 17.8. The Balaban J connectivity index is 1.50. The molecule has 4 rings (SSSR count). The molecule has 2 aliphatic heterocycles. The number of imide groups is 2. The van der Waals surface area contributed by atoms with Gasteiger partial charge in [-0.1, -0.05) is 36.4 Å². The lowest BCUT2D eigenvalue weighted by Crippen LogP contribution is -2.54. The van der Waals surface area contributed by atoms with E-state index in [-0.39, 0.29) is 30.5 Å². The molecule has 188 valence electrons. The van der Waals surface area contributed by atoms with Crippen LogP contribution in [0.5, 0.6) is 0 Å². The molecule has 2 heterocycles. The van der Waals surface area contributed by atoms with Crippen LogP contribution < -0.4 is 10.6 Å². The molecule has 1 fully saturated rings. The average molecular weight is 501 g/mol. The van der Waals surface area contributed by atoms with Crippen molar-refractivity contribution in [2.45, 2.75) is 44.3 Å². The van der Waals surface area contributed by atoms with Gasteiger partial charge in [-0.3, -0.25) is 34.2 Å². The van der Waals surface area contributed by atoms with Crippen molar-refractivity contribution in [3.8, 4) is 11.1 Å². The maximum Gasteiger partial charge on any atom is 0.389 e. The second-order valence-corrected chi connectivity index (χ2v) is 8.59. The summed E-state index contributed by atoms with van der Waals surface area (Å²) in [5.74, 6) is -3.07. The second-order valence-electron chi connectivity index (χ2n) is 8.59. The minimum absolute atomic E-state index is 0.0193. The third kappa shape index (κ3) is 5.29. The molecule has 5 amide bonds. The van der Waals surface area contributed by atoms with Gasteiger partial charge in [0.2, 0.25) is 17.7 Å². The Kier molecular flexibility index (Phi) is 6.91. The van der Waals surface area contributed by atoms with E-state index >= 15 is 0 Å². The molecular formula is C25H22F3N3O5. The van der Waals surface area contributed by atoms with E-state index in [9.17, 15) is 37.1 Å². The van der Waals surface area contributed by atoms with Crippen molar-refractivity contribution in [3.63, 3.8) is 0 Å². The summed E-state index contributed by atoms with van der Waals surface area (Å²) in [6.45, 7) is 0.133. The van der Waals surface area contributed by atoms with Crippen LogP contribution in [0.2, 0.25) is 0 Å². The van der Waals surface area contributed by atoms with Crippen LogP contribution in [0.1, 0.15) is 52.0 Å². The molecule has 2 N–H and O–H groups in total. The van der Waals surface area contributed by atoms with Crippen molar-refractivity contribution in [1.82, 2.24) is 15.5 Å². The summed E-state index contributed by atoms with van der Waals surface area (Å²) in [5.41, 5.74) is 2.19. The van der Waals surface area contributed by atoms with E-state index in [4.69, 9.17) is 0 Å². The predicted molar refractivity (Wildman–Crippen MR) is 121 cm³/mol. The molecule has 0 aromatic heterocycles. The summed E-state index contributed by atoms with van der Waals surface area (Å²) in [6.07, 6.45) is -5.80. The van der Waals surface area contributed by atoms with Gasteiger partial charge in [0, 0.05) is 19.4 Å². The standard InChI is InChI=1S/C25H22F3N3O5/c26-25(27,28)11-9-19(32)29-12-10-14-3-1-4-15(13-14)16-5-2-6-17-21(16)24(36)31(23(17)35)18-7-8-20(33)30-22(18)34/h1-6,13,18H,7-12H2,(H,29,32)(H,30,33,34). The SMILES string of the molecule is O=C(CCC(F)(F)F)NCCc1cccc(-c2cccc3c2C(=O)N(C2CCC(=O)NC2=O)C3=O)c1. The Morgan fingerprint density at radius 1 is 1.03 bits per heavy atom. The van der Waals surface area contributed by atoms with Crippen molar-refractivity contribution >= 4 is 29.5 Å². The smallest absolute Gasteiger partial charge is 0.356 e. The summed E-state index contributed by atoms with van der Waals surface area (Å²) in [7, 11) is 0. The van der Waals surface area contributed by atoms with Gasteiger partial charge in [-0.05, 0) is 35.6 Å². The van der Waals surface area contributed by atoms with Gasteiger partial charge in [0.15, 0.2) is 0 Å². The molecule has 0 saturated carbocycles. The topological polar surface area (TPSA) is 113 Å². The fourth-order valence-electron chi connectivity index (χ4n) is 4.34. The zero-order chi connectivity index (χ0) is 26.0. The maximum atomic E-state index is 13.3. The number of rotatable bonds is 7. The molecule has 2 aliphatic rings. The molecule has 36 heavy (non-hydrogen) atoms. The highest BCUT2D eigenvalue weighted by Crippen LogP contribution is 2.35. The summed E-state index contributed by atoms with van der Waals surface area (Å²) < 4.78 is 36.8. The first kappa shape index (κ1) is 25.1. The summed E-state index contributed by atoms with van der Waals surface area (Å²) in [4.78, 5) is 62.7. The fraction of sp³-hybridized carbons (Fsp3) is 0.320. The number of piperidine rings is 1. The summed E-state index contributed by atoms with van der Waals surface area (Å²) >= 11 is 0. The number of nitrogens with one attached hydrogen (secondary N) is 2. The van der Waals surface area contributed by atoms with Crippen molar-refractivity contribution in [3.05, 3.63) is 59.2 Å². The monoisotopic (exact) mass is 501 g/mol. The van der Waals surface area contributed by atoms with Gasteiger partial charge in [-0.2, -0.15) is 13.2 Å². The van der Waals surface area contributed by atoms with Gasteiger partial charge in [-0.15, -0.1) is 0 Å². The van der Waals surface area contributed by atoms with Gasteiger partial charge in [0.1, 0.15) is 6.04 Å². The van der Waals surface area contributed by atoms with E-state index in [0.29, 0.717) is 17.5 Å². The molecule has 2 aromatic carbocycles. The average Bonchev–Trinajstić information content (AvgIpc) is 3.08. The van der Waals surface area contributed by atoms with E-state index in [1.54, 1.807) is 36.4 Å². The Bertz CT molecular complexity index is 1260. The first-order valence-electron chi connectivity index (χ1n) is 11.3. The third-order valence-corrected chi connectivity index (χ3v) is 6.08. The number of amides is 5. The van der Waals surface area contributed by atoms with Crippen molar-refractivity contribution in [2.75, 3.05) is 6.54 Å². The van der Waals surface area contributed by atoms with Gasteiger partial charge >= 0.3 is 6.18 Å². The molecule has 0 aliphatic carbocycles. The third-order valence-electron chi connectivity index (χ3n) is 6.08. The number of alkyl halides is 3. The number of fused-ring (bicyclic) bond motifs is 1. The molecular weight excluding hydrogens is 479 g/mol. The van der Waals surface area contributed by atoms with Crippen LogP contribution in [0, 0.1) is 0 Å². The number of hydrogen-bond acceptors (Lipinski definition) is 5. The molecule has 2 aromatic rings. The molecule has 1 unspecified atom stereocenters. The lowest BCUT2D eigenvalue weighted by Gasteiger charge is -2.27. The quantitative estimate of drug-likeness (QED) is 0.567. The fourth-order valence-corrected chi connectivity index (χ4v) is 4.34. The van der Waals surface area contributed by atoms with E-state index in [0.717, 1.165) is 10.5 Å². The van der Waals surface area contributed by atoms with Crippen molar-refractivity contribution < 1.29 is 37.1 Å². The zero-order valence-electron chi connectivity index (χ0n) is 19.0. The number of carbonyl (C=O) groups is 5. The van der Waals surface area contributed by atoms with Crippen molar-refractivity contribution in [1.29, 1.82) is 0 Å². The van der Waals surface area contributed by atoms with E-state index in [1.807, 2.05) is 0 Å². The Hall–Kier alpha value is -4.02. The van der Waals surface area contributed by atoms with Crippen LogP contribution in [0.15, 0.2) is 42.5 Å². The molecule has 0 spiro atoms. The molecule has 1 atom stereocenters. The Labute approximate surface area is 203 Å². The number of halogens is 3. The van der Waals surface area contributed by atoms with Gasteiger partial charge in [0.05, 0.1) is 17.5 Å². The van der Waals surface area contributed by atoms with E-state index in [1.165, 1.54) is 6.07 Å². The van der Waals surface area contributed by atoms with Crippen LogP contribution in [-0.2, 0) is 20.8 Å². The van der Waals surface area contributed by atoms with Gasteiger partial charge in [0.25, 0.3) is 11.8 Å². The Morgan fingerprint density at radius 2 is 1.75 bits per heavy atom. The largest absolute Gasteiger partial charge is 0.389 e. The van der Waals surface area contributed by atoms with Crippen LogP contribution >= 0.6 is 0 Å². The summed E-state index contributed by atoms with van der Waals surface area (Å²) in [6, 6.07) is 10.8. The highest BCUT2D eigenvalue weighted by Gasteiger charge is 2.45. The van der Waals surface area contributed by atoms with Crippen molar-refractivity contribution in [2.24, 2.45) is 0 Å². The number of nitrogens with zero attached hydrogens (tertiary/aromatic N) is 1. The second kappa shape index (κ2) is 9.92. The lowest BCUT2D eigenvalue weighted by atomic mass is 9.95. The van der Waals surface area contributed by atoms with E-state index < -0.39 is 54.6 Å². The highest BCUT2D eigenvalue weighted by molar-refractivity contribution is 6.25. The Morgan fingerprint density at radius 3 is 2.47 bits per heavy atom. The zero-order valence-corrected chi connectivity index (χ0v) is 19.0. The lowest BCUT2D eigenvalue weighted by molar-refractivity contribution is -0.144. The molecule has 1 saturated heterocycles. The minimum atomic E-state index is -4.39. The first-order chi connectivity index (χ1) is 17.0. The van der Waals surface area contributed by atoms with Crippen LogP contribution in [0.3, 0.4) is 0 Å². The van der Waals surface area contributed by atoms with E-state index in [2.05, 4.69) is 10.6 Å². The maximum absolute atomic E-state index is 13.3. The van der Waals surface area contributed by atoms with Crippen LogP contribution in [0.25, 0.3) is 11.1 Å². The summed E-state index contributed by atoms with van der Waals surface area (Å²) in [5, 5.41) is 4.62. The van der Waals surface area contributed by atoms with Gasteiger partial charge in [-0.25, -0.2) is 0 Å². The molecule has 11 heteroatoms. The molecule has 8 nitrogen and oxygen atoms in total. The number of benzene rings is 2. The number of carbonyl (C=O) groups excluding carboxylic acids is 5.